The Morgan fingerprint density at radius 1 is 1.44 bits per heavy atom. The maximum absolute atomic E-state index is 13.5. The molecule has 1 rings (SSSR count). The lowest BCUT2D eigenvalue weighted by Gasteiger charge is -2.15. The van der Waals surface area contributed by atoms with Gasteiger partial charge in [-0.1, -0.05) is 18.2 Å². The Morgan fingerprint density at radius 2 is 2.17 bits per heavy atom. The SMILES string of the molecule is COCCNCC(=O)N[C@H](C)c1ccccc1F. The van der Waals surface area contributed by atoms with Crippen LogP contribution in [-0.4, -0.2) is 32.7 Å². The van der Waals surface area contributed by atoms with E-state index in [4.69, 9.17) is 4.74 Å². The van der Waals surface area contributed by atoms with Gasteiger partial charge in [0.2, 0.25) is 5.91 Å². The third-order valence-corrected chi connectivity index (χ3v) is 2.52. The second kappa shape index (κ2) is 7.79. The van der Waals surface area contributed by atoms with E-state index in [0.29, 0.717) is 18.7 Å². The summed E-state index contributed by atoms with van der Waals surface area (Å²) < 4.78 is 18.3. The lowest BCUT2D eigenvalue weighted by Crippen LogP contribution is -2.36. The van der Waals surface area contributed by atoms with E-state index in [9.17, 15) is 9.18 Å². The highest BCUT2D eigenvalue weighted by molar-refractivity contribution is 5.78. The van der Waals surface area contributed by atoms with Crippen molar-refractivity contribution in [3.8, 4) is 0 Å². The van der Waals surface area contributed by atoms with Crippen LogP contribution in [0, 0.1) is 5.82 Å². The minimum atomic E-state index is -0.345. The van der Waals surface area contributed by atoms with Crippen LogP contribution in [0.15, 0.2) is 24.3 Å². The summed E-state index contributed by atoms with van der Waals surface area (Å²) in [7, 11) is 1.60. The van der Waals surface area contributed by atoms with Gasteiger partial charge in [-0.05, 0) is 13.0 Å². The average molecular weight is 254 g/mol. The van der Waals surface area contributed by atoms with Gasteiger partial charge in [-0.3, -0.25) is 4.79 Å². The molecule has 0 heterocycles. The van der Waals surface area contributed by atoms with Crippen LogP contribution >= 0.6 is 0 Å². The average Bonchev–Trinajstić information content (AvgIpc) is 2.35. The fourth-order valence-corrected chi connectivity index (χ4v) is 1.57. The Kier molecular flexibility index (Phi) is 6.32. The van der Waals surface area contributed by atoms with Crippen LogP contribution in [0.1, 0.15) is 18.5 Å². The molecule has 1 amide bonds. The highest BCUT2D eigenvalue weighted by atomic mass is 19.1. The summed E-state index contributed by atoms with van der Waals surface area (Å²) in [6.45, 7) is 3.11. The van der Waals surface area contributed by atoms with E-state index >= 15 is 0 Å². The molecule has 0 radical (unpaired) electrons. The Morgan fingerprint density at radius 3 is 2.83 bits per heavy atom. The number of carbonyl (C=O) groups is 1. The van der Waals surface area contributed by atoms with Crippen molar-refractivity contribution in [3.63, 3.8) is 0 Å². The smallest absolute Gasteiger partial charge is 0.234 e. The van der Waals surface area contributed by atoms with Crippen molar-refractivity contribution in [2.24, 2.45) is 0 Å². The maximum atomic E-state index is 13.5. The molecular formula is C13H19FN2O2. The Labute approximate surface area is 107 Å². The van der Waals surface area contributed by atoms with Gasteiger partial charge < -0.3 is 15.4 Å². The first-order valence-corrected chi connectivity index (χ1v) is 5.88. The molecule has 1 aromatic carbocycles. The van der Waals surface area contributed by atoms with E-state index in [-0.39, 0.29) is 24.3 Å². The number of hydrogen-bond donors (Lipinski definition) is 2. The van der Waals surface area contributed by atoms with E-state index in [2.05, 4.69) is 10.6 Å². The summed E-state index contributed by atoms with van der Waals surface area (Å²) >= 11 is 0. The Hall–Kier alpha value is -1.46. The van der Waals surface area contributed by atoms with Crippen LogP contribution in [0.25, 0.3) is 0 Å². The van der Waals surface area contributed by atoms with Gasteiger partial charge in [0.1, 0.15) is 5.82 Å². The van der Waals surface area contributed by atoms with Gasteiger partial charge in [-0.15, -0.1) is 0 Å². The molecule has 0 aromatic heterocycles. The molecule has 0 saturated heterocycles. The van der Waals surface area contributed by atoms with Crippen LogP contribution < -0.4 is 10.6 Å². The zero-order valence-corrected chi connectivity index (χ0v) is 10.7. The molecule has 0 aliphatic carbocycles. The summed E-state index contributed by atoms with van der Waals surface area (Å²) in [4.78, 5) is 11.6. The fraction of sp³-hybridized carbons (Fsp3) is 0.462. The standard InChI is InChI=1S/C13H19FN2O2/c1-10(11-5-3-4-6-12(11)14)16-13(17)9-15-7-8-18-2/h3-6,10,15H,7-9H2,1-2H3,(H,16,17)/t10-/m1/s1. The molecule has 0 fully saturated rings. The zero-order chi connectivity index (χ0) is 13.4. The van der Waals surface area contributed by atoms with Gasteiger partial charge in [0, 0.05) is 19.2 Å². The number of nitrogens with one attached hydrogen (secondary N) is 2. The number of amides is 1. The number of ether oxygens (including phenoxy) is 1. The minimum absolute atomic E-state index is 0.165. The second-order valence-corrected chi connectivity index (χ2v) is 3.98. The molecule has 4 nitrogen and oxygen atoms in total. The molecule has 0 aliphatic heterocycles. The lowest BCUT2D eigenvalue weighted by molar-refractivity contribution is -0.120. The van der Waals surface area contributed by atoms with Crippen molar-refractivity contribution in [1.82, 2.24) is 10.6 Å². The van der Waals surface area contributed by atoms with Crippen molar-refractivity contribution < 1.29 is 13.9 Å². The minimum Gasteiger partial charge on any atom is -0.383 e. The normalized spacial score (nSPS) is 12.2. The number of carbonyl (C=O) groups excluding carboxylic acids is 1. The molecule has 0 aliphatic rings. The van der Waals surface area contributed by atoms with Gasteiger partial charge >= 0.3 is 0 Å². The van der Waals surface area contributed by atoms with Crippen molar-refractivity contribution in [2.45, 2.75) is 13.0 Å². The zero-order valence-electron chi connectivity index (χ0n) is 10.7. The topological polar surface area (TPSA) is 50.4 Å². The molecule has 18 heavy (non-hydrogen) atoms. The number of hydrogen-bond acceptors (Lipinski definition) is 3. The predicted molar refractivity (Wildman–Crippen MR) is 67.7 cm³/mol. The summed E-state index contributed by atoms with van der Waals surface area (Å²) in [5.41, 5.74) is 0.489. The number of benzene rings is 1. The van der Waals surface area contributed by atoms with E-state index in [1.165, 1.54) is 6.07 Å². The van der Waals surface area contributed by atoms with Crippen LogP contribution in [0.3, 0.4) is 0 Å². The van der Waals surface area contributed by atoms with Gasteiger partial charge in [0.05, 0.1) is 19.2 Å². The van der Waals surface area contributed by atoms with Gasteiger partial charge in [0.25, 0.3) is 0 Å². The molecular weight excluding hydrogens is 235 g/mol. The highest BCUT2D eigenvalue weighted by Crippen LogP contribution is 2.15. The molecule has 0 unspecified atom stereocenters. The predicted octanol–water partition coefficient (Wildman–Crippen LogP) is 1.24. The van der Waals surface area contributed by atoms with Crippen LogP contribution in [0.4, 0.5) is 4.39 Å². The van der Waals surface area contributed by atoms with Crippen molar-refractivity contribution in [2.75, 3.05) is 26.8 Å². The highest BCUT2D eigenvalue weighted by Gasteiger charge is 2.12. The van der Waals surface area contributed by atoms with Crippen molar-refractivity contribution in [1.29, 1.82) is 0 Å². The molecule has 0 bridgehead atoms. The first kappa shape index (κ1) is 14.6. The third-order valence-electron chi connectivity index (χ3n) is 2.52. The molecule has 0 saturated carbocycles. The Balaban J connectivity index is 2.38. The number of methoxy groups -OCH3 is 1. The summed E-state index contributed by atoms with van der Waals surface area (Å²) in [6, 6.07) is 6.08. The molecule has 0 spiro atoms. The van der Waals surface area contributed by atoms with E-state index < -0.39 is 0 Å². The van der Waals surface area contributed by atoms with Crippen LogP contribution in [-0.2, 0) is 9.53 Å². The van der Waals surface area contributed by atoms with Gasteiger partial charge in [-0.2, -0.15) is 0 Å². The molecule has 2 N–H and O–H groups in total. The third kappa shape index (κ3) is 4.81. The van der Waals surface area contributed by atoms with E-state index in [1.807, 2.05) is 0 Å². The molecule has 5 heteroatoms. The largest absolute Gasteiger partial charge is 0.383 e. The number of rotatable bonds is 7. The van der Waals surface area contributed by atoms with Crippen molar-refractivity contribution >= 4 is 5.91 Å². The molecule has 1 aromatic rings. The van der Waals surface area contributed by atoms with Crippen LogP contribution in [0.5, 0.6) is 0 Å². The van der Waals surface area contributed by atoms with Crippen molar-refractivity contribution in [3.05, 3.63) is 35.6 Å². The fourth-order valence-electron chi connectivity index (χ4n) is 1.57. The van der Waals surface area contributed by atoms with Crippen LogP contribution in [0.2, 0.25) is 0 Å². The first-order chi connectivity index (χ1) is 8.65. The number of halogens is 1. The summed E-state index contributed by atoms with van der Waals surface area (Å²) in [6.07, 6.45) is 0. The molecule has 100 valence electrons. The monoisotopic (exact) mass is 254 g/mol. The van der Waals surface area contributed by atoms with E-state index in [0.717, 1.165) is 0 Å². The van der Waals surface area contributed by atoms with E-state index in [1.54, 1.807) is 32.2 Å². The first-order valence-electron chi connectivity index (χ1n) is 5.88. The summed E-state index contributed by atoms with van der Waals surface area (Å²) in [5.74, 6) is -0.473. The lowest BCUT2D eigenvalue weighted by atomic mass is 10.1. The second-order valence-electron chi connectivity index (χ2n) is 3.98. The Bertz CT molecular complexity index is 385. The quantitative estimate of drug-likeness (QED) is 0.720. The van der Waals surface area contributed by atoms with Gasteiger partial charge in [0.15, 0.2) is 0 Å². The van der Waals surface area contributed by atoms with Gasteiger partial charge in [-0.25, -0.2) is 4.39 Å². The summed E-state index contributed by atoms with van der Waals surface area (Å²) in [5, 5.41) is 5.66. The maximum Gasteiger partial charge on any atom is 0.234 e. The molecule has 1 atom stereocenters.